The van der Waals surface area contributed by atoms with Crippen molar-refractivity contribution in [3.63, 3.8) is 0 Å². The van der Waals surface area contributed by atoms with Gasteiger partial charge in [0.2, 0.25) is 0 Å². The standard InChI is InChI=1S/C17H18N2O.C11H10N2O4/c1-20-14-11-9-13(10-12-14)5-4-8-17-18-15-6-2-3-7-16(15)19-17;1-17-9(14)6-13-10(15)7-4-2-3-5-8(7)12-11(13)16/h2-3,6-7,9-12H,4-5,8H2,1H3,(H,18,19);2-5H,6H2,1H3,(H,12,16). The lowest BCUT2D eigenvalue weighted by atomic mass is 10.1. The lowest BCUT2D eigenvalue weighted by Gasteiger charge is -2.04. The van der Waals surface area contributed by atoms with Gasteiger partial charge in [-0.25, -0.2) is 14.3 Å². The van der Waals surface area contributed by atoms with Crippen LogP contribution < -0.4 is 16.0 Å². The van der Waals surface area contributed by atoms with Crippen molar-refractivity contribution in [1.29, 1.82) is 0 Å². The zero-order valence-electron chi connectivity index (χ0n) is 20.7. The molecule has 0 saturated carbocycles. The number of carbonyl (C=O) groups is 1. The molecule has 190 valence electrons. The molecule has 5 rings (SSSR count). The molecule has 37 heavy (non-hydrogen) atoms. The van der Waals surface area contributed by atoms with Gasteiger partial charge in [-0.05, 0) is 54.8 Å². The predicted molar refractivity (Wildman–Crippen MR) is 142 cm³/mol. The summed E-state index contributed by atoms with van der Waals surface area (Å²) in [6.07, 6.45) is 3.12. The van der Waals surface area contributed by atoms with Crippen molar-refractivity contribution >= 4 is 27.9 Å². The maximum Gasteiger partial charge on any atom is 0.329 e. The molecular formula is C28H28N4O5. The van der Waals surface area contributed by atoms with Crippen molar-refractivity contribution in [3.05, 3.63) is 105 Å². The van der Waals surface area contributed by atoms with Gasteiger partial charge in [0, 0.05) is 6.42 Å². The zero-order chi connectivity index (χ0) is 26.2. The molecule has 2 N–H and O–H groups in total. The Morgan fingerprint density at radius 2 is 1.57 bits per heavy atom. The molecule has 0 spiro atoms. The van der Waals surface area contributed by atoms with E-state index >= 15 is 0 Å². The van der Waals surface area contributed by atoms with Crippen molar-refractivity contribution in [2.24, 2.45) is 0 Å². The Kier molecular flexibility index (Phi) is 8.15. The molecule has 2 aromatic heterocycles. The minimum absolute atomic E-state index is 0.357. The minimum Gasteiger partial charge on any atom is -0.497 e. The maximum atomic E-state index is 11.9. The van der Waals surface area contributed by atoms with E-state index in [2.05, 4.69) is 37.9 Å². The Bertz CT molecular complexity index is 1580. The third-order valence-corrected chi connectivity index (χ3v) is 5.88. The molecule has 9 nitrogen and oxygen atoms in total. The Morgan fingerprint density at radius 1 is 0.865 bits per heavy atom. The molecule has 0 aliphatic rings. The number of hydrogen-bond donors (Lipinski definition) is 2. The normalized spacial score (nSPS) is 10.6. The first-order chi connectivity index (χ1) is 18.0. The monoisotopic (exact) mass is 500 g/mol. The number of hydrogen-bond acceptors (Lipinski definition) is 6. The highest BCUT2D eigenvalue weighted by Crippen LogP contribution is 2.15. The molecule has 0 aliphatic heterocycles. The fourth-order valence-corrected chi connectivity index (χ4v) is 3.91. The number of aromatic amines is 2. The fourth-order valence-electron chi connectivity index (χ4n) is 3.91. The van der Waals surface area contributed by atoms with Gasteiger partial charge in [0.1, 0.15) is 18.1 Å². The average molecular weight is 501 g/mol. The molecule has 0 fully saturated rings. The number of H-pyrrole nitrogens is 2. The molecule has 5 aromatic rings. The summed E-state index contributed by atoms with van der Waals surface area (Å²) in [7, 11) is 2.89. The van der Waals surface area contributed by atoms with Crippen molar-refractivity contribution in [2.45, 2.75) is 25.8 Å². The van der Waals surface area contributed by atoms with Crippen LogP contribution in [-0.2, 0) is 28.9 Å². The lowest BCUT2D eigenvalue weighted by Crippen LogP contribution is -2.37. The molecule has 0 saturated heterocycles. The number of ether oxygens (including phenoxy) is 2. The SMILES string of the molecule is COC(=O)Cn1c(=O)[nH]c2ccccc2c1=O.COc1ccc(CCCc2nc3ccccc3[nH]2)cc1. The second-order valence-corrected chi connectivity index (χ2v) is 8.35. The van der Waals surface area contributed by atoms with Crippen LogP contribution in [0.1, 0.15) is 17.8 Å². The van der Waals surface area contributed by atoms with Gasteiger partial charge in [0.25, 0.3) is 5.56 Å². The van der Waals surface area contributed by atoms with Crippen LogP contribution >= 0.6 is 0 Å². The molecule has 9 heteroatoms. The van der Waals surface area contributed by atoms with Crippen LogP contribution in [0.4, 0.5) is 0 Å². The van der Waals surface area contributed by atoms with Gasteiger partial charge in [-0.15, -0.1) is 0 Å². The molecule has 2 heterocycles. The Hall–Kier alpha value is -4.66. The van der Waals surface area contributed by atoms with Crippen LogP contribution in [-0.4, -0.2) is 39.7 Å². The third-order valence-electron chi connectivity index (χ3n) is 5.88. The molecule has 0 unspecified atom stereocenters. The van der Waals surface area contributed by atoms with Gasteiger partial charge in [0.05, 0.1) is 36.2 Å². The lowest BCUT2D eigenvalue weighted by molar-refractivity contribution is -0.141. The van der Waals surface area contributed by atoms with E-state index in [1.54, 1.807) is 31.4 Å². The Morgan fingerprint density at radius 3 is 2.27 bits per heavy atom. The summed E-state index contributed by atoms with van der Waals surface area (Å²) >= 11 is 0. The highest BCUT2D eigenvalue weighted by Gasteiger charge is 2.10. The van der Waals surface area contributed by atoms with E-state index in [9.17, 15) is 14.4 Å². The van der Waals surface area contributed by atoms with Gasteiger partial charge in [-0.2, -0.15) is 0 Å². The molecule has 0 radical (unpaired) electrons. The number of benzene rings is 3. The number of esters is 1. The van der Waals surface area contributed by atoms with E-state index in [0.29, 0.717) is 10.9 Å². The third kappa shape index (κ3) is 6.32. The van der Waals surface area contributed by atoms with Gasteiger partial charge >= 0.3 is 11.7 Å². The minimum atomic E-state index is -0.645. The number of rotatable bonds is 7. The van der Waals surface area contributed by atoms with Gasteiger partial charge in [-0.3, -0.25) is 9.59 Å². The molecular weight excluding hydrogens is 472 g/mol. The van der Waals surface area contributed by atoms with Crippen LogP contribution in [0.15, 0.2) is 82.4 Å². The first-order valence-electron chi connectivity index (χ1n) is 11.8. The fraction of sp³-hybridized carbons (Fsp3) is 0.214. The van der Waals surface area contributed by atoms with Crippen LogP contribution in [0.5, 0.6) is 5.75 Å². The summed E-state index contributed by atoms with van der Waals surface area (Å²) < 4.78 is 10.4. The molecule has 0 bridgehead atoms. The zero-order valence-corrected chi connectivity index (χ0v) is 20.7. The van der Waals surface area contributed by atoms with Crippen LogP contribution in [0.25, 0.3) is 21.9 Å². The summed E-state index contributed by atoms with van der Waals surface area (Å²) in [6.45, 7) is -0.393. The summed E-state index contributed by atoms with van der Waals surface area (Å²) in [4.78, 5) is 45.1. The van der Waals surface area contributed by atoms with Crippen LogP contribution in [0.3, 0.4) is 0 Å². The number of carbonyl (C=O) groups excluding carboxylic acids is 1. The van der Waals surface area contributed by atoms with E-state index in [0.717, 1.165) is 46.4 Å². The second kappa shape index (κ2) is 11.9. The number of fused-ring (bicyclic) bond motifs is 2. The number of para-hydroxylation sites is 3. The summed E-state index contributed by atoms with van der Waals surface area (Å²) in [5.41, 5.74) is 2.82. The topological polar surface area (TPSA) is 119 Å². The van der Waals surface area contributed by atoms with Gasteiger partial charge in [-0.1, -0.05) is 36.4 Å². The largest absolute Gasteiger partial charge is 0.497 e. The Balaban J connectivity index is 0.000000176. The van der Waals surface area contributed by atoms with E-state index in [1.807, 2.05) is 30.3 Å². The first kappa shape index (κ1) is 25.4. The van der Waals surface area contributed by atoms with Crippen molar-refractivity contribution in [2.75, 3.05) is 14.2 Å². The smallest absolute Gasteiger partial charge is 0.329 e. The quantitative estimate of drug-likeness (QED) is 0.330. The number of aromatic nitrogens is 4. The number of methoxy groups -OCH3 is 2. The number of aryl methyl sites for hydroxylation is 2. The predicted octanol–water partition coefficient (Wildman–Crippen LogP) is 3.61. The summed E-state index contributed by atoms with van der Waals surface area (Å²) in [6, 6.07) is 23.0. The van der Waals surface area contributed by atoms with E-state index in [-0.39, 0.29) is 0 Å². The average Bonchev–Trinajstić information content (AvgIpc) is 3.34. The summed E-state index contributed by atoms with van der Waals surface area (Å²) in [5, 5.41) is 0.357. The number of nitrogens with one attached hydrogen (secondary N) is 2. The maximum absolute atomic E-state index is 11.9. The molecule has 3 aromatic carbocycles. The van der Waals surface area contributed by atoms with E-state index in [1.165, 1.54) is 12.7 Å². The van der Waals surface area contributed by atoms with Gasteiger partial charge in [0.15, 0.2) is 0 Å². The van der Waals surface area contributed by atoms with E-state index < -0.39 is 23.8 Å². The molecule has 0 amide bonds. The van der Waals surface area contributed by atoms with Crippen molar-refractivity contribution in [1.82, 2.24) is 19.5 Å². The first-order valence-corrected chi connectivity index (χ1v) is 11.8. The highest BCUT2D eigenvalue weighted by atomic mass is 16.5. The molecule has 0 aliphatic carbocycles. The van der Waals surface area contributed by atoms with Crippen molar-refractivity contribution in [3.8, 4) is 5.75 Å². The number of nitrogens with zero attached hydrogens (tertiary/aromatic N) is 2. The summed E-state index contributed by atoms with van der Waals surface area (Å²) in [5.74, 6) is 1.33. The highest BCUT2D eigenvalue weighted by molar-refractivity contribution is 5.77. The van der Waals surface area contributed by atoms with Crippen molar-refractivity contribution < 1.29 is 14.3 Å². The van der Waals surface area contributed by atoms with Crippen LogP contribution in [0.2, 0.25) is 0 Å². The number of imidazole rings is 1. The molecule has 0 atom stereocenters. The van der Waals surface area contributed by atoms with Crippen LogP contribution in [0, 0.1) is 0 Å². The van der Waals surface area contributed by atoms with Gasteiger partial charge < -0.3 is 19.4 Å². The second-order valence-electron chi connectivity index (χ2n) is 8.35. The van der Waals surface area contributed by atoms with E-state index in [4.69, 9.17) is 4.74 Å². The Labute approximate surface area is 212 Å².